The monoisotopic (exact) mass is 492 g/mol. The second-order valence-corrected chi connectivity index (χ2v) is 9.77. The molecule has 0 heterocycles. The molecule has 0 saturated heterocycles. The number of hydrogen-bond donors (Lipinski definition) is 1. The summed E-state index contributed by atoms with van der Waals surface area (Å²) in [5.74, 6) is 0.0313. The van der Waals surface area contributed by atoms with Crippen molar-refractivity contribution in [3.05, 3.63) is 88.4 Å². The molecular formula is C23H22Cl2N2O4S. The van der Waals surface area contributed by atoms with Crippen LogP contribution in [0.3, 0.4) is 0 Å². The molecule has 3 rings (SSSR count). The van der Waals surface area contributed by atoms with Crippen molar-refractivity contribution in [1.82, 2.24) is 4.31 Å². The zero-order valence-electron chi connectivity index (χ0n) is 17.3. The van der Waals surface area contributed by atoms with Crippen LogP contribution in [0.5, 0.6) is 5.75 Å². The predicted molar refractivity (Wildman–Crippen MR) is 127 cm³/mol. The smallest absolute Gasteiger partial charge is 0.243 e. The van der Waals surface area contributed by atoms with Crippen LogP contribution < -0.4 is 10.1 Å². The van der Waals surface area contributed by atoms with E-state index in [1.807, 2.05) is 30.3 Å². The molecule has 0 radical (unpaired) electrons. The van der Waals surface area contributed by atoms with Gasteiger partial charge in [0.15, 0.2) is 0 Å². The Balaban J connectivity index is 1.82. The number of rotatable bonds is 9. The predicted octanol–water partition coefficient (Wildman–Crippen LogP) is 4.87. The summed E-state index contributed by atoms with van der Waals surface area (Å²) in [6.07, 6.45) is 0.451. The van der Waals surface area contributed by atoms with Gasteiger partial charge in [0.05, 0.1) is 18.6 Å². The van der Waals surface area contributed by atoms with E-state index in [9.17, 15) is 13.2 Å². The van der Waals surface area contributed by atoms with Gasteiger partial charge in [0, 0.05) is 22.3 Å². The summed E-state index contributed by atoms with van der Waals surface area (Å²) in [5.41, 5.74) is 1.35. The van der Waals surface area contributed by atoms with Crippen LogP contribution in [0.4, 0.5) is 5.69 Å². The Morgan fingerprint density at radius 3 is 2.19 bits per heavy atom. The van der Waals surface area contributed by atoms with Gasteiger partial charge in [0.2, 0.25) is 15.9 Å². The Hall–Kier alpha value is -2.58. The number of carbonyl (C=O) groups is 1. The van der Waals surface area contributed by atoms with Crippen molar-refractivity contribution >= 4 is 44.8 Å². The fraction of sp³-hybridized carbons (Fsp3) is 0.174. The number of amides is 1. The molecule has 0 aliphatic rings. The normalized spacial score (nSPS) is 11.4. The first kappa shape index (κ1) is 24.1. The number of ether oxygens (including phenoxy) is 1. The molecule has 3 aromatic carbocycles. The lowest BCUT2D eigenvalue weighted by atomic mass is 10.1. The van der Waals surface area contributed by atoms with E-state index in [0.717, 1.165) is 9.87 Å². The van der Waals surface area contributed by atoms with Crippen LogP contribution >= 0.6 is 23.2 Å². The molecule has 9 heteroatoms. The number of nitrogens with zero attached hydrogens (tertiary/aromatic N) is 1. The molecule has 0 spiro atoms. The van der Waals surface area contributed by atoms with Gasteiger partial charge in [0.1, 0.15) is 5.75 Å². The highest BCUT2D eigenvalue weighted by atomic mass is 35.5. The summed E-state index contributed by atoms with van der Waals surface area (Å²) in [6, 6.07) is 20.1. The lowest BCUT2D eigenvalue weighted by molar-refractivity contribution is -0.116. The van der Waals surface area contributed by atoms with E-state index >= 15 is 0 Å². The van der Waals surface area contributed by atoms with Gasteiger partial charge in [-0.25, -0.2) is 8.42 Å². The van der Waals surface area contributed by atoms with Gasteiger partial charge in [-0.3, -0.25) is 4.79 Å². The molecule has 3 aromatic rings. The van der Waals surface area contributed by atoms with E-state index in [2.05, 4.69) is 5.32 Å². The Kier molecular flexibility index (Phi) is 8.15. The molecule has 0 aromatic heterocycles. The number of methoxy groups -OCH3 is 1. The first-order chi connectivity index (χ1) is 15.3. The number of sulfonamides is 1. The van der Waals surface area contributed by atoms with Gasteiger partial charge in [0.25, 0.3) is 0 Å². The maximum atomic E-state index is 13.3. The van der Waals surface area contributed by atoms with Crippen molar-refractivity contribution < 1.29 is 17.9 Å². The van der Waals surface area contributed by atoms with E-state index in [1.165, 1.54) is 31.4 Å². The summed E-state index contributed by atoms with van der Waals surface area (Å²) < 4.78 is 32.9. The van der Waals surface area contributed by atoms with Crippen LogP contribution in [0.2, 0.25) is 10.0 Å². The van der Waals surface area contributed by atoms with Gasteiger partial charge in [-0.15, -0.1) is 0 Å². The molecule has 0 bridgehead atoms. The van der Waals surface area contributed by atoms with Gasteiger partial charge < -0.3 is 10.1 Å². The number of hydrogen-bond acceptors (Lipinski definition) is 4. The largest absolute Gasteiger partial charge is 0.497 e. The van der Waals surface area contributed by atoms with E-state index in [-0.39, 0.29) is 18.0 Å². The molecule has 0 atom stereocenters. The average molecular weight is 493 g/mol. The fourth-order valence-corrected chi connectivity index (χ4v) is 4.99. The van der Waals surface area contributed by atoms with Gasteiger partial charge in [-0.2, -0.15) is 4.31 Å². The summed E-state index contributed by atoms with van der Waals surface area (Å²) in [7, 11) is -2.43. The molecule has 0 aliphatic heterocycles. The van der Waals surface area contributed by atoms with E-state index in [1.54, 1.807) is 18.2 Å². The minimum Gasteiger partial charge on any atom is -0.497 e. The molecular weight excluding hydrogens is 471 g/mol. The highest BCUT2D eigenvalue weighted by molar-refractivity contribution is 7.89. The number of benzene rings is 3. The minimum absolute atomic E-state index is 0.0740. The third kappa shape index (κ3) is 6.46. The van der Waals surface area contributed by atoms with Crippen molar-refractivity contribution in [2.75, 3.05) is 25.5 Å². The average Bonchev–Trinajstić information content (AvgIpc) is 2.76. The number of anilines is 1. The Morgan fingerprint density at radius 2 is 1.59 bits per heavy atom. The second kappa shape index (κ2) is 10.8. The third-order valence-electron chi connectivity index (χ3n) is 4.66. The molecule has 6 nitrogen and oxygen atoms in total. The molecule has 0 saturated carbocycles. The van der Waals surface area contributed by atoms with Crippen molar-refractivity contribution in [1.29, 1.82) is 0 Å². The molecule has 32 heavy (non-hydrogen) atoms. The number of carbonyl (C=O) groups excluding carboxylic acids is 1. The SMILES string of the molecule is COc1ccc(S(=O)(=O)N(CCc2ccccc2)CC(=O)Nc2cc(Cl)cc(Cl)c2)cc1. The highest BCUT2D eigenvalue weighted by Crippen LogP contribution is 2.23. The Bertz CT molecular complexity index is 1150. The maximum Gasteiger partial charge on any atom is 0.243 e. The standard InChI is InChI=1S/C23H22Cl2N2O4S/c1-31-21-7-9-22(10-8-21)32(29,30)27(12-11-17-5-3-2-4-6-17)16-23(28)26-20-14-18(24)13-19(25)15-20/h2-10,13-15H,11-12,16H2,1H3,(H,26,28). The van der Waals surface area contributed by atoms with Gasteiger partial charge in [-0.05, 0) is 54.4 Å². The van der Waals surface area contributed by atoms with Gasteiger partial charge >= 0.3 is 0 Å². The third-order valence-corrected chi connectivity index (χ3v) is 6.95. The molecule has 0 unspecified atom stereocenters. The van der Waals surface area contributed by atoms with Crippen molar-refractivity contribution in [3.8, 4) is 5.75 Å². The molecule has 1 amide bonds. The number of halogens is 2. The quantitative estimate of drug-likeness (QED) is 0.462. The molecule has 0 aliphatic carbocycles. The maximum absolute atomic E-state index is 13.3. The van der Waals surface area contributed by atoms with Crippen LogP contribution in [0.15, 0.2) is 77.7 Å². The second-order valence-electron chi connectivity index (χ2n) is 6.96. The van der Waals surface area contributed by atoms with Crippen molar-refractivity contribution in [2.24, 2.45) is 0 Å². The van der Waals surface area contributed by atoms with Crippen molar-refractivity contribution in [3.63, 3.8) is 0 Å². The van der Waals surface area contributed by atoms with Crippen LogP contribution in [0, 0.1) is 0 Å². The van der Waals surface area contributed by atoms with E-state index < -0.39 is 15.9 Å². The molecule has 1 N–H and O–H groups in total. The summed E-state index contributed by atoms with van der Waals surface area (Å²) in [6.45, 7) is -0.243. The Morgan fingerprint density at radius 1 is 0.969 bits per heavy atom. The lowest BCUT2D eigenvalue weighted by Gasteiger charge is -2.22. The summed E-state index contributed by atoms with van der Waals surface area (Å²) in [5, 5.41) is 3.38. The summed E-state index contributed by atoms with van der Waals surface area (Å²) >= 11 is 12.0. The number of nitrogens with one attached hydrogen (secondary N) is 1. The zero-order valence-corrected chi connectivity index (χ0v) is 19.6. The van der Waals surface area contributed by atoms with Crippen molar-refractivity contribution in [2.45, 2.75) is 11.3 Å². The van der Waals surface area contributed by atoms with E-state index in [0.29, 0.717) is 27.9 Å². The zero-order chi connectivity index (χ0) is 23.1. The van der Waals surface area contributed by atoms with Crippen LogP contribution in [-0.4, -0.2) is 38.8 Å². The first-order valence-corrected chi connectivity index (χ1v) is 11.9. The topological polar surface area (TPSA) is 75.7 Å². The Labute approximate surface area is 197 Å². The minimum atomic E-state index is -3.94. The highest BCUT2D eigenvalue weighted by Gasteiger charge is 2.26. The molecule has 168 valence electrons. The fourth-order valence-electron chi connectivity index (χ4n) is 3.07. The first-order valence-electron chi connectivity index (χ1n) is 9.72. The van der Waals surface area contributed by atoms with E-state index in [4.69, 9.17) is 27.9 Å². The molecule has 0 fully saturated rings. The van der Waals surface area contributed by atoms with Gasteiger partial charge in [-0.1, -0.05) is 53.5 Å². The summed E-state index contributed by atoms with van der Waals surface area (Å²) in [4.78, 5) is 12.8. The van der Waals surface area contributed by atoms with Crippen LogP contribution in [0.1, 0.15) is 5.56 Å². The van der Waals surface area contributed by atoms with Crippen LogP contribution in [-0.2, 0) is 21.2 Å². The lowest BCUT2D eigenvalue weighted by Crippen LogP contribution is -2.39. The van der Waals surface area contributed by atoms with Crippen LogP contribution in [0.25, 0.3) is 0 Å².